The molecule has 0 spiro atoms. The predicted molar refractivity (Wildman–Crippen MR) is 65.3 cm³/mol. The number of carboxylic acids is 1. The van der Waals surface area contributed by atoms with Crippen LogP contribution < -0.4 is 5.32 Å². The fraction of sp³-hybridized carbons (Fsp3) is 0.692. The van der Waals surface area contributed by atoms with Crippen LogP contribution in [0.2, 0.25) is 0 Å². The van der Waals surface area contributed by atoms with E-state index < -0.39 is 5.97 Å². The molecule has 1 amide bonds. The normalized spacial score (nSPS) is 17.8. The zero-order valence-electron chi connectivity index (χ0n) is 10.4. The highest BCUT2D eigenvalue weighted by atomic mass is 16.4. The highest BCUT2D eigenvalue weighted by Crippen LogP contribution is 2.27. The van der Waals surface area contributed by atoms with Gasteiger partial charge in [0.2, 0.25) is 5.91 Å². The van der Waals surface area contributed by atoms with E-state index in [1.165, 1.54) is 38.2 Å². The number of carbonyl (C=O) groups excluding carboxylic acids is 1. The van der Waals surface area contributed by atoms with Crippen molar-refractivity contribution >= 4 is 11.9 Å². The van der Waals surface area contributed by atoms with Crippen LogP contribution in [0, 0.1) is 5.92 Å². The van der Waals surface area contributed by atoms with Crippen LogP contribution >= 0.6 is 0 Å². The van der Waals surface area contributed by atoms with Crippen molar-refractivity contribution in [3.63, 3.8) is 0 Å². The number of amides is 1. The van der Waals surface area contributed by atoms with Gasteiger partial charge in [0.25, 0.3) is 0 Å². The van der Waals surface area contributed by atoms with E-state index in [2.05, 4.69) is 5.32 Å². The SMILES string of the molecule is C/C=C(/NC(=O)CCC1CCCCC1)C(=O)O. The van der Waals surface area contributed by atoms with E-state index in [1.54, 1.807) is 6.92 Å². The summed E-state index contributed by atoms with van der Waals surface area (Å²) in [5.41, 5.74) is -0.0290. The average molecular weight is 239 g/mol. The van der Waals surface area contributed by atoms with Gasteiger partial charge in [-0.05, 0) is 19.3 Å². The molecule has 2 N–H and O–H groups in total. The molecule has 17 heavy (non-hydrogen) atoms. The molecule has 0 aromatic rings. The zero-order chi connectivity index (χ0) is 12.7. The minimum absolute atomic E-state index is 0.0290. The Bertz CT molecular complexity index is 304. The number of hydrogen-bond acceptors (Lipinski definition) is 2. The van der Waals surface area contributed by atoms with Crippen molar-refractivity contribution in [1.29, 1.82) is 0 Å². The van der Waals surface area contributed by atoms with Crippen LogP contribution in [0.3, 0.4) is 0 Å². The highest BCUT2D eigenvalue weighted by molar-refractivity contribution is 5.92. The van der Waals surface area contributed by atoms with E-state index >= 15 is 0 Å². The van der Waals surface area contributed by atoms with Crippen molar-refractivity contribution in [3.8, 4) is 0 Å². The maximum absolute atomic E-state index is 11.5. The Kier molecular flexibility index (Phi) is 5.73. The number of allylic oxidation sites excluding steroid dienone is 1. The number of carboxylic acid groups (broad SMARTS) is 1. The molecule has 1 aliphatic carbocycles. The molecular weight excluding hydrogens is 218 g/mol. The summed E-state index contributed by atoms with van der Waals surface area (Å²) < 4.78 is 0. The molecule has 1 saturated carbocycles. The van der Waals surface area contributed by atoms with Gasteiger partial charge >= 0.3 is 5.97 Å². The first kappa shape index (κ1) is 13.7. The molecule has 0 atom stereocenters. The second-order valence-corrected chi connectivity index (χ2v) is 4.60. The van der Waals surface area contributed by atoms with Gasteiger partial charge in [0.1, 0.15) is 5.70 Å². The van der Waals surface area contributed by atoms with Gasteiger partial charge in [0.05, 0.1) is 0 Å². The minimum Gasteiger partial charge on any atom is -0.477 e. The van der Waals surface area contributed by atoms with E-state index in [9.17, 15) is 9.59 Å². The third-order valence-electron chi connectivity index (χ3n) is 3.30. The van der Waals surface area contributed by atoms with Crippen molar-refractivity contribution in [2.24, 2.45) is 5.92 Å². The number of rotatable bonds is 5. The van der Waals surface area contributed by atoms with Crippen LogP contribution in [-0.4, -0.2) is 17.0 Å². The molecule has 0 bridgehead atoms. The van der Waals surface area contributed by atoms with Crippen molar-refractivity contribution in [2.45, 2.75) is 51.9 Å². The Morgan fingerprint density at radius 3 is 2.47 bits per heavy atom. The molecule has 0 unspecified atom stereocenters. The quantitative estimate of drug-likeness (QED) is 0.724. The fourth-order valence-electron chi connectivity index (χ4n) is 2.27. The minimum atomic E-state index is -1.08. The van der Waals surface area contributed by atoms with Crippen LogP contribution in [0.4, 0.5) is 0 Å². The van der Waals surface area contributed by atoms with Gasteiger partial charge in [0.15, 0.2) is 0 Å². The number of hydrogen-bond donors (Lipinski definition) is 2. The van der Waals surface area contributed by atoms with Crippen molar-refractivity contribution in [1.82, 2.24) is 5.32 Å². The molecule has 96 valence electrons. The Hall–Kier alpha value is -1.32. The summed E-state index contributed by atoms with van der Waals surface area (Å²) in [5.74, 6) is -0.627. The molecule has 0 saturated heterocycles. The molecular formula is C13H21NO3. The van der Waals surface area contributed by atoms with Crippen LogP contribution in [0.15, 0.2) is 11.8 Å². The predicted octanol–water partition coefficient (Wildman–Crippen LogP) is 2.45. The Labute approximate surface area is 102 Å². The van der Waals surface area contributed by atoms with Gasteiger partial charge in [-0.15, -0.1) is 0 Å². The number of aliphatic carboxylic acids is 1. The second kappa shape index (κ2) is 7.09. The van der Waals surface area contributed by atoms with Gasteiger partial charge in [-0.25, -0.2) is 4.79 Å². The summed E-state index contributed by atoms with van der Waals surface area (Å²) in [6.45, 7) is 1.60. The zero-order valence-corrected chi connectivity index (χ0v) is 10.4. The first-order chi connectivity index (χ1) is 8.13. The van der Waals surface area contributed by atoms with Gasteiger partial charge < -0.3 is 10.4 Å². The Morgan fingerprint density at radius 2 is 1.94 bits per heavy atom. The van der Waals surface area contributed by atoms with Crippen molar-refractivity contribution in [3.05, 3.63) is 11.8 Å². The van der Waals surface area contributed by atoms with Gasteiger partial charge in [0, 0.05) is 6.42 Å². The fourth-order valence-corrected chi connectivity index (χ4v) is 2.27. The standard InChI is InChI=1S/C13H21NO3/c1-2-11(13(16)17)14-12(15)9-8-10-6-4-3-5-7-10/h2,10H,3-9H2,1H3,(H,14,15)(H,16,17)/b11-2+. The molecule has 0 aliphatic heterocycles. The number of nitrogens with one attached hydrogen (secondary N) is 1. The maximum atomic E-state index is 11.5. The Balaban J connectivity index is 2.27. The lowest BCUT2D eigenvalue weighted by Gasteiger charge is -2.20. The van der Waals surface area contributed by atoms with E-state index in [1.807, 2.05) is 0 Å². The summed E-state index contributed by atoms with van der Waals surface area (Å²) in [5, 5.41) is 11.2. The van der Waals surface area contributed by atoms with E-state index in [0.717, 1.165) is 6.42 Å². The molecule has 4 nitrogen and oxygen atoms in total. The number of carbonyl (C=O) groups is 2. The van der Waals surface area contributed by atoms with Crippen LogP contribution in [0.5, 0.6) is 0 Å². The van der Waals surface area contributed by atoms with Crippen LogP contribution in [0.25, 0.3) is 0 Å². The Morgan fingerprint density at radius 1 is 1.29 bits per heavy atom. The summed E-state index contributed by atoms with van der Waals surface area (Å²) in [4.78, 5) is 22.2. The van der Waals surface area contributed by atoms with Gasteiger partial charge in [-0.3, -0.25) is 4.79 Å². The largest absolute Gasteiger partial charge is 0.477 e. The average Bonchev–Trinajstić information content (AvgIpc) is 2.34. The van der Waals surface area contributed by atoms with E-state index in [0.29, 0.717) is 12.3 Å². The maximum Gasteiger partial charge on any atom is 0.352 e. The van der Waals surface area contributed by atoms with E-state index in [4.69, 9.17) is 5.11 Å². The summed E-state index contributed by atoms with van der Waals surface area (Å²) in [7, 11) is 0. The summed E-state index contributed by atoms with van der Waals surface area (Å²) in [6, 6.07) is 0. The first-order valence-electron chi connectivity index (χ1n) is 6.33. The molecule has 1 fully saturated rings. The lowest BCUT2D eigenvalue weighted by atomic mass is 9.86. The lowest BCUT2D eigenvalue weighted by Crippen LogP contribution is -2.27. The highest BCUT2D eigenvalue weighted by Gasteiger charge is 2.16. The first-order valence-corrected chi connectivity index (χ1v) is 6.33. The molecule has 1 aliphatic rings. The summed E-state index contributed by atoms with van der Waals surface area (Å²) in [6.07, 6.45) is 8.97. The monoisotopic (exact) mass is 239 g/mol. The lowest BCUT2D eigenvalue weighted by molar-refractivity contribution is -0.134. The van der Waals surface area contributed by atoms with Crippen LogP contribution in [0.1, 0.15) is 51.9 Å². The molecule has 0 aromatic carbocycles. The van der Waals surface area contributed by atoms with Crippen molar-refractivity contribution < 1.29 is 14.7 Å². The smallest absolute Gasteiger partial charge is 0.352 e. The van der Waals surface area contributed by atoms with E-state index in [-0.39, 0.29) is 11.6 Å². The topological polar surface area (TPSA) is 66.4 Å². The molecule has 0 aromatic heterocycles. The third kappa shape index (κ3) is 5.02. The second-order valence-electron chi connectivity index (χ2n) is 4.60. The van der Waals surface area contributed by atoms with Gasteiger partial charge in [-0.1, -0.05) is 38.2 Å². The third-order valence-corrected chi connectivity index (χ3v) is 3.30. The van der Waals surface area contributed by atoms with Crippen molar-refractivity contribution in [2.75, 3.05) is 0 Å². The molecule has 1 rings (SSSR count). The molecule has 0 heterocycles. The summed E-state index contributed by atoms with van der Waals surface area (Å²) >= 11 is 0. The van der Waals surface area contributed by atoms with Crippen LogP contribution in [-0.2, 0) is 9.59 Å². The molecule has 4 heteroatoms. The van der Waals surface area contributed by atoms with Gasteiger partial charge in [-0.2, -0.15) is 0 Å². The molecule has 0 radical (unpaired) electrons.